The summed E-state index contributed by atoms with van der Waals surface area (Å²) < 4.78 is 10.8. The van der Waals surface area contributed by atoms with Gasteiger partial charge in [0.2, 0.25) is 0 Å². The van der Waals surface area contributed by atoms with Gasteiger partial charge in [-0.1, -0.05) is 18.2 Å². The highest BCUT2D eigenvalue weighted by Crippen LogP contribution is 2.20. The van der Waals surface area contributed by atoms with Gasteiger partial charge in [-0.15, -0.1) is 0 Å². The first-order valence-electron chi connectivity index (χ1n) is 8.25. The Balaban J connectivity index is 1.65. The van der Waals surface area contributed by atoms with Gasteiger partial charge in [-0.3, -0.25) is 0 Å². The summed E-state index contributed by atoms with van der Waals surface area (Å²) in [4.78, 5) is 13.2. The van der Waals surface area contributed by atoms with E-state index >= 15 is 0 Å². The predicted octanol–water partition coefficient (Wildman–Crippen LogP) is 2.00. The minimum atomic E-state index is 0.753. The predicted molar refractivity (Wildman–Crippen MR) is 95.0 cm³/mol. The number of hydrogen-bond donors (Lipinski definition) is 0. The molecule has 2 aromatic rings. The number of aromatic nitrogens is 2. The van der Waals surface area contributed by atoms with Crippen LogP contribution in [0.25, 0.3) is 0 Å². The van der Waals surface area contributed by atoms with E-state index in [4.69, 9.17) is 9.47 Å². The summed E-state index contributed by atoms with van der Waals surface area (Å²) in [5.74, 6) is 2.83. The monoisotopic (exact) mass is 328 g/mol. The van der Waals surface area contributed by atoms with E-state index in [1.165, 1.54) is 5.56 Å². The molecule has 1 aromatic carbocycles. The number of nitrogens with zero attached hydrogens (tertiary/aromatic N) is 4. The summed E-state index contributed by atoms with van der Waals surface area (Å²) >= 11 is 0. The Morgan fingerprint density at radius 1 is 1.21 bits per heavy atom. The molecule has 1 aromatic heterocycles. The smallest absolute Gasteiger partial charge is 0.134 e. The minimum Gasteiger partial charge on any atom is -0.496 e. The number of benzene rings is 1. The number of likely N-dealkylation sites (N-methyl/N-ethyl adjacent to an activating group) is 1. The van der Waals surface area contributed by atoms with Crippen LogP contribution in [0.1, 0.15) is 5.56 Å². The zero-order chi connectivity index (χ0) is 16.8. The van der Waals surface area contributed by atoms with Gasteiger partial charge in [-0.2, -0.15) is 0 Å². The zero-order valence-corrected chi connectivity index (χ0v) is 14.3. The van der Waals surface area contributed by atoms with Crippen LogP contribution in [0.15, 0.2) is 36.7 Å². The van der Waals surface area contributed by atoms with Crippen molar-refractivity contribution in [2.24, 2.45) is 0 Å². The average molecular weight is 328 g/mol. The number of para-hydroxylation sites is 1. The lowest BCUT2D eigenvalue weighted by Gasteiger charge is -2.28. The molecule has 2 heterocycles. The van der Waals surface area contributed by atoms with E-state index in [1.807, 2.05) is 24.3 Å². The van der Waals surface area contributed by atoms with Crippen LogP contribution >= 0.6 is 0 Å². The topological polar surface area (TPSA) is 50.7 Å². The van der Waals surface area contributed by atoms with Crippen molar-refractivity contribution in [1.29, 1.82) is 0 Å². The third-order valence-electron chi connectivity index (χ3n) is 4.27. The van der Waals surface area contributed by atoms with Gasteiger partial charge in [0.1, 0.15) is 23.7 Å². The Morgan fingerprint density at radius 3 is 2.79 bits per heavy atom. The van der Waals surface area contributed by atoms with Crippen LogP contribution in [0.4, 0.5) is 11.6 Å². The quantitative estimate of drug-likeness (QED) is 0.808. The van der Waals surface area contributed by atoms with Crippen LogP contribution < -0.4 is 14.5 Å². The molecule has 0 saturated carbocycles. The van der Waals surface area contributed by atoms with Gasteiger partial charge in [-0.05, 0) is 18.1 Å². The third kappa shape index (κ3) is 3.94. The van der Waals surface area contributed by atoms with Crippen molar-refractivity contribution in [1.82, 2.24) is 9.97 Å². The third-order valence-corrected chi connectivity index (χ3v) is 4.27. The van der Waals surface area contributed by atoms with Crippen molar-refractivity contribution in [3.63, 3.8) is 0 Å². The molecule has 0 unspecified atom stereocenters. The second kappa shape index (κ2) is 7.97. The number of ether oxygens (including phenoxy) is 2. The van der Waals surface area contributed by atoms with Crippen molar-refractivity contribution in [2.45, 2.75) is 6.42 Å². The van der Waals surface area contributed by atoms with E-state index in [-0.39, 0.29) is 0 Å². The first-order valence-corrected chi connectivity index (χ1v) is 8.25. The molecule has 0 amide bonds. The molecular formula is C18H24N4O2. The van der Waals surface area contributed by atoms with Crippen LogP contribution in [0, 0.1) is 0 Å². The van der Waals surface area contributed by atoms with Crippen molar-refractivity contribution >= 4 is 11.6 Å². The van der Waals surface area contributed by atoms with E-state index in [2.05, 4.69) is 32.9 Å². The highest BCUT2D eigenvalue weighted by atomic mass is 16.5. The molecule has 0 radical (unpaired) electrons. The molecule has 3 rings (SSSR count). The molecule has 0 bridgehead atoms. The maximum absolute atomic E-state index is 5.42. The first kappa shape index (κ1) is 16.5. The van der Waals surface area contributed by atoms with Crippen LogP contribution in [0.2, 0.25) is 0 Å². The normalized spacial score (nSPS) is 14.5. The summed E-state index contributed by atoms with van der Waals surface area (Å²) in [5, 5.41) is 0. The number of methoxy groups -OCH3 is 1. The van der Waals surface area contributed by atoms with Crippen molar-refractivity contribution < 1.29 is 9.47 Å². The SMILES string of the molecule is COc1ccccc1CCN(C)c1cc(N2CCOCC2)ncn1. The van der Waals surface area contributed by atoms with E-state index in [0.717, 1.165) is 56.7 Å². The largest absolute Gasteiger partial charge is 0.496 e. The van der Waals surface area contributed by atoms with Crippen molar-refractivity contribution in [3.05, 3.63) is 42.2 Å². The van der Waals surface area contributed by atoms with E-state index in [9.17, 15) is 0 Å². The van der Waals surface area contributed by atoms with Gasteiger partial charge in [0.05, 0.1) is 20.3 Å². The molecule has 1 aliphatic rings. The average Bonchev–Trinajstić information content (AvgIpc) is 2.67. The summed E-state index contributed by atoms with van der Waals surface area (Å²) in [6.07, 6.45) is 2.54. The molecule has 0 aliphatic carbocycles. The molecular weight excluding hydrogens is 304 g/mol. The number of rotatable bonds is 6. The Kier molecular flexibility index (Phi) is 5.48. The fourth-order valence-electron chi connectivity index (χ4n) is 2.82. The molecule has 6 nitrogen and oxygen atoms in total. The molecule has 6 heteroatoms. The fourth-order valence-corrected chi connectivity index (χ4v) is 2.82. The summed E-state index contributed by atoms with van der Waals surface area (Å²) in [7, 11) is 3.77. The number of anilines is 2. The molecule has 0 N–H and O–H groups in total. The second-order valence-electron chi connectivity index (χ2n) is 5.82. The lowest BCUT2D eigenvalue weighted by atomic mass is 10.1. The van der Waals surface area contributed by atoms with Gasteiger partial charge >= 0.3 is 0 Å². The number of morpholine rings is 1. The molecule has 0 atom stereocenters. The minimum absolute atomic E-state index is 0.753. The second-order valence-corrected chi connectivity index (χ2v) is 5.82. The van der Waals surface area contributed by atoms with Gasteiger partial charge in [0, 0.05) is 32.7 Å². The first-order chi connectivity index (χ1) is 11.8. The van der Waals surface area contributed by atoms with Gasteiger partial charge in [0.15, 0.2) is 0 Å². The van der Waals surface area contributed by atoms with E-state index < -0.39 is 0 Å². The van der Waals surface area contributed by atoms with Crippen LogP contribution in [0.5, 0.6) is 5.75 Å². The molecule has 128 valence electrons. The summed E-state index contributed by atoms with van der Waals surface area (Å²) in [5.41, 5.74) is 1.20. The van der Waals surface area contributed by atoms with Crippen LogP contribution in [-0.4, -0.2) is 57.0 Å². The maximum atomic E-state index is 5.42. The van der Waals surface area contributed by atoms with Gasteiger partial charge < -0.3 is 19.3 Å². The lowest BCUT2D eigenvalue weighted by molar-refractivity contribution is 0.122. The Hall–Kier alpha value is -2.34. The van der Waals surface area contributed by atoms with Gasteiger partial charge in [-0.25, -0.2) is 9.97 Å². The van der Waals surface area contributed by atoms with Crippen LogP contribution in [0.3, 0.4) is 0 Å². The molecule has 1 fully saturated rings. The van der Waals surface area contributed by atoms with Crippen molar-refractivity contribution in [3.8, 4) is 5.75 Å². The molecule has 1 saturated heterocycles. The zero-order valence-electron chi connectivity index (χ0n) is 14.3. The molecule has 1 aliphatic heterocycles. The summed E-state index contributed by atoms with van der Waals surface area (Å²) in [6, 6.07) is 10.2. The van der Waals surface area contributed by atoms with E-state index in [1.54, 1.807) is 13.4 Å². The highest BCUT2D eigenvalue weighted by molar-refractivity contribution is 5.50. The summed E-state index contributed by atoms with van der Waals surface area (Å²) in [6.45, 7) is 4.12. The Labute approximate surface area is 143 Å². The lowest BCUT2D eigenvalue weighted by Crippen LogP contribution is -2.37. The van der Waals surface area contributed by atoms with Crippen molar-refractivity contribution in [2.75, 3.05) is 56.8 Å². The molecule has 24 heavy (non-hydrogen) atoms. The Morgan fingerprint density at radius 2 is 2.00 bits per heavy atom. The van der Waals surface area contributed by atoms with Crippen LogP contribution in [-0.2, 0) is 11.2 Å². The highest BCUT2D eigenvalue weighted by Gasteiger charge is 2.14. The van der Waals surface area contributed by atoms with E-state index in [0.29, 0.717) is 0 Å². The molecule has 0 spiro atoms. The Bertz CT molecular complexity index is 659. The maximum Gasteiger partial charge on any atom is 0.134 e. The standard InChI is InChI=1S/C18H24N4O2/c1-21(8-7-15-5-3-4-6-16(15)23-2)17-13-18(20-14-19-17)22-9-11-24-12-10-22/h3-6,13-14H,7-12H2,1-2H3. The number of hydrogen-bond acceptors (Lipinski definition) is 6. The fraction of sp³-hybridized carbons (Fsp3) is 0.444. The van der Waals surface area contributed by atoms with Gasteiger partial charge in [0.25, 0.3) is 0 Å².